The number of nitrogens with zero attached hydrogens (tertiary/aromatic N) is 2. The number of hydrogen-bond acceptors (Lipinski definition) is 4. The van der Waals surface area contributed by atoms with Crippen molar-refractivity contribution in [3.05, 3.63) is 62.5 Å². The molecule has 1 aliphatic rings. The van der Waals surface area contributed by atoms with Gasteiger partial charge in [0.2, 0.25) is 0 Å². The van der Waals surface area contributed by atoms with E-state index in [1.54, 1.807) is 11.3 Å². The van der Waals surface area contributed by atoms with Gasteiger partial charge >= 0.3 is 0 Å². The van der Waals surface area contributed by atoms with E-state index in [9.17, 15) is 9.59 Å². The van der Waals surface area contributed by atoms with Crippen LogP contribution in [0, 0.1) is 12.8 Å². The number of aryl methyl sites for hydroxylation is 2. The number of ketones is 1. The molecule has 4 rings (SSSR count). The highest BCUT2D eigenvalue weighted by atomic mass is 32.1. The number of rotatable bonds is 3. The lowest BCUT2D eigenvalue weighted by Gasteiger charge is -2.17. The number of carbonyl (C=O) groups excluding carboxylic acids is 1. The highest BCUT2D eigenvalue weighted by Gasteiger charge is 2.23. The molecule has 4 nitrogen and oxygen atoms in total. The molecule has 0 aliphatic heterocycles. The molecule has 1 atom stereocenters. The normalized spacial score (nSPS) is 16.8. The van der Waals surface area contributed by atoms with Gasteiger partial charge in [0.15, 0.2) is 5.78 Å². The van der Waals surface area contributed by atoms with Gasteiger partial charge in [-0.15, -0.1) is 11.3 Å². The van der Waals surface area contributed by atoms with Crippen molar-refractivity contribution in [2.24, 2.45) is 5.92 Å². The minimum atomic E-state index is -0.0856. The first kappa shape index (κ1) is 16.2. The SMILES string of the molecule is Cc1ccc(C(=O)Cn2cnc3sc4c(c3c2=O)CC[C@@H](C)C4)cc1. The van der Waals surface area contributed by atoms with E-state index in [-0.39, 0.29) is 17.9 Å². The second-order valence-corrected chi connectivity index (χ2v) is 8.08. The van der Waals surface area contributed by atoms with E-state index in [0.29, 0.717) is 11.5 Å². The summed E-state index contributed by atoms with van der Waals surface area (Å²) in [7, 11) is 0. The molecular formula is C20H20N2O2S. The highest BCUT2D eigenvalue weighted by molar-refractivity contribution is 7.18. The van der Waals surface area contributed by atoms with Crippen LogP contribution in [0.25, 0.3) is 10.2 Å². The molecule has 25 heavy (non-hydrogen) atoms. The number of carbonyl (C=O) groups is 1. The molecule has 0 N–H and O–H groups in total. The maximum Gasteiger partial charge on any atom is 0.262 e. The second-order valence-electron chi connectivity index (χ2n) is 7.00. The summed E-state index contributed by atoms with van der Waals surface area (Å²) in [5.41, 5.74) is 2.81. The Morgan fingerprint density at radius 3 is 2.84 bits per heavy atom. The summed E-state index contributed by atoms with van der Waals surface area (Å²) in [5.74, 6) is 0.590. The Kier molecular flexibility index (Phi) is 4.04. The van der Waals surface area contributed by atoms with Crippen LogP contribution in [-0.2, 0) is 19.4 Å². The molecule has 0 saturated carbocycles. The third-order valence-corrected chi connectivity index (χ3v) is 6.13. The Morgan fingerprint density at radius 1 is 1.32 bits per heavy atom. The zero-order valence-electron chi connectivity index (χ0n) is 14.4. The lowest BCUT2D eigenvalue weighted by Crippen LogP contribution is -2.25. The monoisotopic (exact) mass is 352 g/mol. The quantitative estimate of drug-likeness (QED) is 0.674. The first-order chi connectivity index (χ1) is 12.0. The molecule has 0 bridgehead atoms. The van der Waals surface area contributed by atoms with Gasteiger partial charge in [0.1, 0.15) is 4.83 Å². The molecule has 0 radical (unpaired) electrons. The van der Waals surface area contributed by atoms with E-state index >= 15 is 0 Å². The predicted octanol–water partition coefficient (Wildman–Crippen LogP) is 3.77. The summed E-state index contributed by atoms with van der Waals surface area (Å²) >= 11 is 1.63. The van der Waals surface area contributed by atoms with E-state index in [4.69, 9.17) is 0 Å². The zero-order chi connectivity index (χ0) is 17.6. The first-order valence-corrected chi connectivity index (χ1v) is 9.44. The average molecular weight is 352 g/mol. The molecule has 3 aromatic rings. The van der Waals surface area contributed by atoms with Gasteiger partial charge in [-0.3, -0.25) is 14.2 Å². The fraction of sp³-hybridized carbons (Fsp3) is 0.350. The van der Waals surface area contributed by atoms with Crippen LogP contribution >= 0.6 is 11.3 Å². The molecule has 128 valence electrons. The summed E-state index contributed by atoms with van der Waals surface area (Å²) in [6.07, 6.45) is 4.58. The van der Waals surface area contributed by atoms with Gasteiger partial charge in [-0.05, 0) is 37.7 Å². The number of Topliss-reactive ketones (excluding diaryl/α,β-unsaturated/α-hetero) is 1. The molecule has 0 saturated heterocycles. The average Bonchev–Trinajstić information content (AvgIpc) is 2.96. The third-order valence-electron chi connectivity index (χ3n) is 4.97. The minimum Gasteiger partial charge on any atom is -0.292 e. The number of aromatic nitrogens is 2. The Labute approximate surface area is 150 Å². The standard InChI is InChI=1S/C20H20N2O2S/c1-12-3-6-14(7-4-12)16(23)10-22-11-21-19-18(20(22)24)15-8-5-13(2)9-17(15)25-19/h3-4,6-7,11,13H,5,8-10H2,1-2H3/t13-/m1/s1. The van der Waals surface area contributed by atoms with Crippen LogP contribution in [0.4, 0.5) is 0 Å². The lowest BCUT2D eigenvalue weighted by atomic mass is 9.89. The number of thiophene rings is 1. The smallest absolute Gasteiger partial charge is 0.262 e. The van der Waals surface area contributed by atoms with Crippen molar-refractivity contribution in [3.8, 4) is 0 Å². The molecule has 2 heterocycles. The maximum atomic E-state index is 12.9. The van der Waals surface area contributed by atoms with Crippen LogP contribution in [-0.4, -0.2) is 15.3 Å². The van der Waals surface area contributed by atoms with Crippen molar-refractivity contribution in [1.29, 1.82) is 0 Å². The molecule has 0 fully saturated rings. The van der Waals surface area contributed by atoms with Crippen LogP contribution in [0.2, 0.25) is 0 Å². The van der Waals surface area contributed by atoms with Gasteiger partial charge in [-0.1, -0.05) is 36.8 Å². The maximum absolute atomic E-state index is 12.9. The van der Waals surface area contributed by atoms with Crippen molar-refractivity contribution in [1.82, 2.24) is 9.55 Å². The van der Waals surface area contributed by atoms with Crippen LogP contribution in [0.5, 0.6) is 0 Å². The van der Waals surface area contributed by atoms with E-state index in [2.05, 4.69) is 11.9 Å². The Morgan fingerprint density at radius 2 is 2.08 bits per heavy atom. The second kappa shape index (κ2) is 6.23. The minimum absolute atomic E-state index is 0.0336. The number of hydrogen-bond donors (Lipinski definition) is 0. The number of fused-ring (bicyclic) bond motifs is 3. The Hall–Kier alpha value is -2.27. The third kappa shape index (κ3) is 2.93. The first-order valence-electron chi connectivity index (χ1n) is 8.62. The summed E-state index contributed by atoms with van der Waals surface area (Å²) in [5, 5.41) is 0.728. The number of benzene rings is 1. The fourth-order valence-corrected chi connectivity index (χ4v) is 4.81. The topological polar surface area (TPSA) is 52.0 Å². The molecule has 0 amide bonds. The Bertz CT molecular complexity index is 1010. The lowest BCUT2D eigenvalue weighted by molar-refractivity contribution is 0.0970. The van der Waals surface area contributed by atoms with Gasteiger partial charge in [0, 0.05) is 10.4 Å². The predicted molar refractivity (Wildman–Crippen MR) is 101 cm³/mol. The van der Waals surface area contributed by atoms with E-state index in [1.165, 1.54) is 15.8 Å². The zero-order valence-corrected chi connectivity index (χ0v) is 15.2. The van der Waals surface area contributed by atoms with Crippen LogP contribution < -0.4 is 5.56 Å². The molecular weight excluding hydrogens is 332 g/mol. The molecule has 0 unspecified atom stereocenters. The molecule has 1 aromatic carbocycles. The van der Waals surface area contributed by atoms with Crippen LogP contribution in [0.3, 0.4) is 0 Å². The van der Waals surface area contributed by atoms with Crippen LogP contribution in [0.15, 0.2) is 35.4 Å². The van der Waals surface area contributed by atoms with Gasteiger partial charge < -0.3 is 0 Å². The molecule has 1 aliphatic carbocycles. The van der Waals surface area contributed by atoms with E-state index < -0.39 is 0 Å². The van der Waals surface area contributed by atoms with Crippen molar-refractivity contribution >= 4 is 27.3 Å². The van der Waals surface area contributed by atoms with Gasteiger partial charge in [-0.25, -0.2) is 4.98 Å². The Balaban J connectivity index is 1.71. The fourth-order valence-electron chi connectivity index (χ4n) is 3.46. The summed E-state index contributed by atoms with van der Waals surface area (Å²) in [4.78, 5) is 32.0. The van der Waals surface area contributed by atoms with Gasteiger partial charge in [0.05, 0.1) is 18.3 Å². The molecule has 2 aromatic heterocycles. The van der Waals surface area contributed by atoms with Gasteiger partial charge in [0.25, 0.3) is 5.56 Å². The van der Waals surface area contributed by atoms with Crippen molar-refractivity contribution in [2.45, 2.75) is 39.7 Å². The van der Waals surface area contributed by atoms with E-state index in [1.807, 2.05) is 31.2 Å². The van der Waals surface area contributed by atoms with Crippen molar-refractivity contribution in [3.63, 3.8) is 0 Å². The highest BCUT2D eigenvalue weighted by Crippen LogP contribution is 2.35. The molecule has 0 spiro atoms. The largest absolute Gasteiger partial charge is 0.292 e. The van der Waals surface area contributed by atoms with Crippen LogP contribution in [0.1, 0.15) is 39.7 Å². The van der Waals surface area contributed by atoms with E-state index in [0.717, 1.165) is 40.6 Å². The molecule has 5 heteroatoms. The summed E-state index contributed by atoms with van der Waals surface area (Å²) < 4.78 is 1.45. The van der Waals surface area contributed by atoms with Crippen molar-refractivity contribution < 1.29 is 4.79 Å². The summed E-state index contributed by atoms with van der Waals surface area (Å²) in [6, 6.07) is 7.44. The van der Waals surface area contributed by atoms with Crippen molar-refractivity contribution in [2.75, 3.05) is 0 Å². The summed E-state index contributed by atoms with van der Waals surface area (Å²) in [6.45, 7) is 4.27. The van der Waals surface area contributed by atoms with Gasteiger partial charge in [-0.2, -0.15) is 0 Å².